The van der Waals surface area contributed by atoms with Gasteiger partial charge in [-0.1, -0.05) is 18.2 Å². The van der Waals surface area contributed by atoms with Crippen molar-refractivity contribution in [1.82, 2.24) is 14.8 Å². The Balaban J connectivity index is 1.60. The van der Waals surface area contributed by atoms with Gasteiger partial charge in [-0.15, -0.1) is 5.10 Å². The molecule has 0 aliphatic carbocycles. The third kappa shape index (κ3) is 4.11. The second-order valence-corrected chi connectivity index (χ2v) is 5.35. The van der Waals surface area contributed by atoms with E-state index in [1.54, 1.807) is 30.3 Å². The van der Waals surface area contributed by atoms with Gasteiger partial charge in [0.2, 0.25) is 5.95 Å². The molecule has 122 valence electrons. The monoisotopic (exact) mass is 345 g/mol. The first kappa shape index (κ1) is 16.0. The van der Waals surface area contributed by atoms with E-state index in [-0.39, 0.29) is 29.2 Å². The van der Waals surface area contributed by atoms with E-state index in [9.17, 15) is 8.78 Å². The number of hydrogen-bond donors (Lipinski definition) is 2. The molecule has 0 fully saturated rings. The van der Waals surface area contributed by atoms with Crippen LogP contribution >= 0.6 is 12.2 Å². The highest BCUT2D eigenvalue weighted by Crippen LogP contribution is 2.10. The zero-order chi connectivity index (χ0) is 16.9. The maximum atomic E-state index is 13.6. The molecule has 0 atom stereocenters. The smallest absolute Gasteiger partial charge is 0.248 e. The Kier molecular flexibility index (Phi) is 4.76. The molecule has 8 heteroatoms. The van der Waals surface area contributed by atoms with Crippen molar-refractivity contribution in [1.29, 1.82) is 0 Å². The lowest BCUT2D eigenvalue weighted by molar-refractivity contribution is 0.585. The predicted octanol–water partition coefficient (Wildman–Crippen LogP) is 3.41. The Hall–Kier alpha value is -2.87. The van der Waals surface area contributed by atoms with Gasteiger partial charge < -0.3 is 5.32 Å². The normalized spacial score (nSPS) is 10.4. The van der Waals surface area contributed by atoms with Crippen LogP contribution in [-0.4, -0.2) is 19.9 Å². The van der Waals surface area contributed by atoms with Gasteiger partial charge in [0.1, 0.15) is 18.0 Å². The largest absolute Gasteiger partial charge is 0.332 e. The molecule has 0 aliphatic heterocycles. The fourth-order valence-electron chi connectivity index (χ4n) is 2.03. The molecular formula is C16H13F2N5S. The SMILES string of the molecule is Fc1ccc(NC(=S)Nc2ncn(Cc3ccccc3F)n2)cc1. The van der Waals surface area contributed by atoms with E-state index >= 15 is 0 Å². The molecule has 3 aromatic rings. The standard InChI is InChI=1S/C16H13F2N5S/c17-12-5-7-13(8-6-12)20-16(24)21-15-19-10-23(22-15)9-11-3-1-2-4-14(11)18/h1-8,10H,9H2,(H2,20,21,22,24). The van der Waals surface area contributed by atoms with Crippen molar-refractivity contribution in [3.8, 4) is 0 Å². The maximum absolute atomic E-state index is 13.6. The first-order valence-corrected chi connectivity index (χ1v) is 7.47. The number of aromatic nitrogens is 3. The second kappa shape index (κ2) is 7.14. The van der Waals surface area contributed by atoms with E-state index in [1.807, 2.05) is 0 Å². The molecule has 1 heterocycles. The molecule has 0 amide bonds. The van der Waals surface area contributed by atoms with Gasteiger partial charge in [0.25, 0.3) is 0 Å². The maximum Gasteiger partial charge on any atom is 0.248 e. The van der Waals surface area contributed by atoms with E-state index in [2.05, 4.69) is 20.7 Å². The quantitative estimate of drug-likeness (QED) is 0.710. The van der Waals surface area contributed by atoms with Gasteiger partial charge in [0.15, 0.2) is 5.11 Å². The number of thiocarbonyl (C=S) groups is 1. The summed E-state index contributed by atoms with van der Waals surface area (Å²) in [6.45, 7) is 0.263. The van der Waals surface area contributed by atoms with Crippen LogP contribution in [0, 0.1) is 11.6 Å². The lowest BCUT2D eigenvalue weighted by Gasteiger charge is -2.07. The average Bonchev–Trinajstić information content (AvgIpc) is 2.99. The van der Waals surface area contributed by atoms with Crippen LogP contribution in [0.5, 0.6) is 0 Å². The van der Waals surface area contributed by atoms with Gasteiger partial charge in [-0.05, 0) is 42.5 Å². The highest BCUT2D eigenvalue weighted by Gasteiger charge is 2.06. The van der Waals surface area contributed by atoms with E-state index in [0.717, 1.165) is 0 Å². The van der Waals surface area contributed by atoms with Crippen LogP contribution in [0.3, 0.4) is 0 Å². The summed E-state index contributed by atoms with van der Waals surface area (Å²) in [4.78, 5) is 4.07. The fraction of sp³-hybridized carbons (Fsp3) is 0.0625. The van der Waals surface area contributed by atoms with E-state index in [4.69, 9.17) is 12.2 Å². The predicted molar refractivity (Wildman–Crippen MR) is 91.8 cm³/mol. The number of hydrogen-bond acceptors (Lipinski definition) is 3. The van der Waals surface area contributed by atoms with Gasteiger partial charge >= 0.3 is 0 Å². The topological polar surface area (TPSA) is 54.8 Å². The molecule has 0 spiro atoms. The summed E-state index contributed by atoms with van der Waals surface area (Å²) in [6, 6.07) is 12.3. The lowest BCUT2D eigenvalue weighted by atomic mass is 10.2. The number of rotatable bonds is 4. The van der Waals surface area contributed by atoms with E-state index in [1.165, 1.54) is 29.2 Å². The molecule has 24 heavy (non-hydrogen) atoms. The van der Waals surface area contributed by atoms with Crippen LogP contribution in [0.1, 0.15) is 5.56 Å². The third-order valence-electron chi connectivity index (χ3n) is 3.15. The highest BCUT2D eigenvalue weighted by atomic mass is 32.1. The van der Waals surface area contributed by atoms with Crippen molar-refractivity contribution in [2.24, 2.45) is 0 Å². The Morgan fingerprint density at radius 3 is 2.54 bits per heavy atom. The first-order chi connectivity index (χ1) is 11.6. The van der Waals surface area contributed by atoms with Crippen molar-refractivity contribution in [2.75, 3.05) is 10.6 Å². The number of nitrogens with one attached hydrogen (secondary N) is 2. The zero-order valence-electron chi connectivity index (χ0n) is 12.4. The Labute approximate surface area is 142 Å². The Morgan fingerprint density at radius 1 is 1.04 bits per heavy atom. The average molecular weight is 345 g/mol. The van der Waals surface area contributed by atoms with Crippen molar-refractivity contribution < 1.29 is 8.78 Å². The minimum Gasteiger partial charge on any atom is -0.332 e. The molecule has 5 nitrogen and oxygen atoms in total. The molecular weight excluding hydrogens is 332 g/mol. The first-order valence-electron chi connectivity index (χ1n) is 7.06. The molecule has 2 aromatic carbocycles. The third-order valence-corrected chi connectivity index (χ3v) is 3.36. The van der Waals surface area contributed by atoms with Crippen molar-refractivity contribution in [3.63, 3.8) is 0 Å². The molecule has 3 rings (SSSR count). The minimum absolute atomic E-state index is 0.263. The molecule has 0 saturated heterocycles. The minimum atomic E-state index is -0.326. The zero-order valence-corrected chi connectivity index (χ0v) is 13.2. The van der Waals surface area contributed by atoms with Gasteiger partial charge in [-0.25, -0.2) is 18.4 Å². The summed E-state index contributed by atoms with van der Waals surface area (Å²) in [6.07, 6.45) is 1.48. The number of nitrogens with zero attached hydrogens (tertiary/aromatic N) is 3. The Bertz CT molecular complexity index is 848. The molecule has 2 N–H and O–H groups in total. The van der Waals surface area contributed by atoms with Crippen molar-refractivity contribution in [3.05, 3.63) is 72.1 Å². The summed E-state index contributed by atoms with van der Waals surface area (Å²) in [5.41, 5.74) is 1.15. The van der Waals surface area contributed by atoms with E-state index < -0.39 is 0 Å². The van der Waals surface area contributed by atoms with Crippen LogP contribution < -0.4 is 10.6 Å². The second-order valence-electron chi connectivity index (χ2n) is 4.94. The summed E-state index contributed by atoms with van der Waals surface area (Å²) in [7, 11) is 0. The summed E-state index contributed by atoms with van der Waals surface area (Å²) >= 11 is 5.15. The van der Waals surface area contributed by atoms with Crippen molar-refractivity contribution in [2.45, 2.75) is 6.54 Å². The summed E-state index contributed by atoms with van der Waals surface area (Å²) in [5, 5.41) is 10.2. The molecule has 0 bridgehead atoms. The van der Waals surface area contributed by atoms with Crippen LogP contribution in [0.15, 0.2) is 54.9 Å². The van der Waals surface area contributed by atoms with Crippen LogP contribution in [0.25, 0.3) is 0 Å². The molecule has 0 saturated carbocycles. The highest BCUT2D eigenvalue weighted by molar-refractivity contribution is 7.80. The number of halogens is 2. The fourth-order valence-corrected chi connectivity index (χ4v) is 2.24. The Morgan fingerprint density at radius 2 is 1.79 bits per heavy atom. The van der Waals surface area contributed by atoms with E-state index in [0.29, 0.717) is 11.3 Å². The molecule has 0 aliphatic rings. The molecule has 1 aromatic heterocycles. The number of benzene rings is 2. The number of anilines is 2. The molecule has 0 unspecified atom stereocenters. The van der Waals surface area contributed by atoms with Crippen LogP contribution in [0.4, 0.5) is 20.4 Å². The van der Waals surface area contributed by atoms with Gasteiger partial charge in [-0.2, -0.15) is 0 Å². The molecule has 0 radical (unpaired) electrons. The summed E-state index contributed by atoms with van der Waals surface area (Å²) < 4.78 is 28.0. The van der Waals surface area contributed by atoms with Crippen LogP contribution in [-0.2, 0) is 6.54 Å². The van der Waals surface area contributed by atoms with Crippen LogP contribution in [0.2, 0.25) is 0 Å². The summed E-state index contributed by atoms with van der Waals surface area (Å²) in [5.74, 6) is -0.338. The lowest BCUT2D eigenvalue weighted by Crippen LogP contribution is -2.20. The van der Waals surface area contributed by atoms with Gasteiger partial charge in [0.05, 0.1) is 6.54 Å². The van der Waals surface area contributed by atoms with Gasteiger partial charge in [0, 0.05) is 11.3 Å². The van der Waals surface area contributed by atoms with Crippen molar-refractivity contribution >= 4 is 29.0 Å². The van der Waals surface area contributed by atoms with Gasteiger partial charge in [-0.3, -0.25) is 5.32 Å².